The molecule has 6 heteroatoms. The highest BCUT2D eigenvalue weighted by molar-refractivity contribution is 9.10. The van der Waals surface area contributed by atoms with Crippen LogP contribution in [-0.2, 0) is 4.79 Å². The number of nitrogens with one attached hydrogen (secondary N) is 2. The standard InChI is InChI=1S/C14H11BrClFN2O/c15-9-4-6-10(7-5-9)19-13(20)8-18-12-3-1-2-11(16)14(12)17/h1-7,18H,8H2,(H,19,20). The Morgan fingerprint density at radius 2 is 1.90 bits per heavy atom. The summed E-state index contributed by atoms with van der Waals surface area (Å²) in [6.45, 7) is -0.0483. The quantitative estimate of drug-likeness (QED) is 0.857. The summed E-state index contributed by atoms with van der Waals surface area (Å²) in [5.74, 6) is -0.836. The van der Waals surface area contributed by atoms with Crippen molar-refractivity contribution in [3.05, 3.63) is 57.8 Å². The number of hydrogen-bond donors (Lipinski definition) is 2. The van der Waals surface area contributed by atoms with Gasteiger partial charge in [0, 0.05) is 10.2 Å². The fraction of sp³-hybridized carbons (Fsp3) is 0.0714. The van der Waals surface area contributed by atoms with Gasteiger partial charge in [-0.05, 0) is 36.4 Å². The average molecular weight is 358 g/mol. The van der Waals surface area contributed by atoms with Crippen LogP contribution < -0.4 is 10.6 Å². The van der Waals surface area contributed by atoms with Gasteiger partial charge in [-0.3, -0.25) is 4.79 Å². The van der Waals surface area contributed by atoms with Crippen molar-refractivity contribution in [1.82, 2.24) is 0 Å². The van der Waals surface area contributed by atoms with Gasteiger partial charge in [0.05, 0.1) is 17.3 Å². The maximum absolute atomic E-state index is 13.6. The SMILES string of the molecule is O=C(CNc1cccc(Cl)c1F)Nc1ccc(Br)cc1. The third-order valence-electron chi connectivity index (χ3n) is 2.52. The van der Waals surface area contributed by atoms with Crippen LogP contribution in [0.25, 0.3) is 0 Å². The van der Waals surface area contributed by atoms with Gasteiger partial charge in [-0.15, -0.1) is 0 Å². The molecule has 20 heavy (non-hydrogen) atoms. The van der Waals surface area contributed by atoms with E-state index in [-0.39, 0.29) is 23.2 Å². The fourth-order valence-electron chi connectivity index (χ4n) is 1.55. The minimum atomic E-state index is -0.564. The summed E-state index contributed by atoms with van der Waals surface area (Å²) in [5, 5.41) is 5.42. The Morgan fingerprint density at radius 3 is 2.60 bits per heavy atom. The van der Waals surface area contributed by atoms with E-state index in [0.717, 1.165) is 4.47 Å². The van der Waals surface area contributed by atoms with Crippen molar-refractivity contribution in [2.24, 2.45) is 0 Å². The third-order valence-corrected chi connectivity index (χ3v) is 3.34. The maximum atomic E-state index is 13.6. The average Bonchev–Trinajstić information content (AvgIpc) is 2.43. The Morgan fingerprint density at radius 1 is 1.20 bits per heavy atom. The van der Waals surface area contributed by atoms with Crippen LogP contribution in [0.3, 0.4) is 0 Å². The van der Waals surface area contributed by atoms with Crippen molar-refractivity contribution in [2.45, 2.75) is 0 Å². The van der Waals surface area contributed by atoms with Crippen molar-refractivity contribution in [3.63, 3.8) is 0 Å². The van der Waals surface area contributed by atoms with Crippen LogP contribution in [0.5, 0.6) is 0 Å². The Bertz CT molecular complexity index is 619. The first-order chi connectivity index (χ1) is 9.56. The van der Waals surface area contributed by atoms with Gasteiger partial charge in [-0.2, -0.15) is 0 Å². The number of hydrogen-bond acceptors (Lipinski definition) is 2. The maximum Gasteiger partial charge on any atom is 0.243 e. The molecule has 104 valence electrons. The summed E-state index contributed by atoms with van der Waals surface area (Å²) in [5.41, 5.74) is 0.870. The monoisotopic (exact) mass is 356 g/mol. The van der Waals surface area contributed by atoms with Gasteiger partial charge in [0.2, 0.25) is 5.91 Å². The predicted octanol–water partition coefficient (Wildman–Crippen LogP) is 4.29. The molecule has 0 fully saturated rings. The molecule has 0 aliphatic rings. The van der Waals surface area contributed by atoms with Crippen LogP contribution >= 0.6 is 27.5 Å². The zero-order chi connectivity index (χ0) is 14.5. The summed E-state index contributed by atoms with van der Waals surface area (Å²) in [4.78, 5) is 11.7. The van der Waals surface area contributed by atoms with Gasteiger partial charge in [-0.25, -0.2) is 4.39 Å². The van der Waals surface area contributed by atoms with Gasteiger partial charge in [0.1, 0.15) is 0 Å². The molecule has 2 aromatic carbocycles. The van der Waals surface area contributed by atoms with E-state index in [4.69, 9.17) is 11.6 Å². The second-order valence-corrected chi connectivity index (χ2v) is 5.33. The van der Waals surface area contributed by atoms with Crippen molar-refractivity contribution >= 4 is 44.8 Å². The minimum absolute atomic E-state index is 0.0170. The lowest BCUT2D eigenvalue weighted by Crippen LogP contribution is -2.22. The first kappa shape index (κ1) is 14.8. The lowest BCUT2D eigenvalue weighted by Gasteiger charge is -2.09. The molecule has 0 aromatic heterocycles. The molecule has 2 aromatic rings. The van der Waals surface area contributed by atoms with Crippen molar-refractivity contribution in [3.8, 4) is 0 Å². The molecule has 0 aliphatic heterocycles. The molecule has 1 amide bonds. The van der Waals surface area contributed by atoms with Gasteiger partial charge in [-0.1, -0.05) is 33.6 Å². The van der Waals surface area contributed by atoms with Gasteiger partial charge in [0.15, 0.2) is 5.82 Å². The fourth-order valence-corrected chi connectivity index (χ4v) is 1.99. The molecule has 3 nitrogen and oxygen atoms in total. The van der Waals surface area contributed by atoms with E-state index >= 15 is 0 Å². The molecule has 0 saturated carbocycles. The Balaban J connectivity index is 1.92. The Labute approximate surface area is 129 Å². The van der Waals surface area contributed by atoms with E-state index in [1.165, 1.54) is 12.1 Å². The number of benzene rings is 2. The largest absolute Gasteiger partial charge is 0.374 e. The number of carbonyl (C=O) groups is 1. The van der Waals surface area contributed by atoms with Crippen LogP contribution in [0.15, 0.2) is 46.9 Å². The lowest BCUT2D eigenvalue weighted by molar-refractivity contribution is -0.114. The molecule has 0 heterocycles. The summed E-state index contributed by atoms with van der Waals surface area (Å²) in [7, 11) is 0. The molecule has 2 rings (SSSR count). The van der Waals surface area contributed by atoms with Crippen LogP contribution in [0.1, 0.15) is 0 Å². The highest BCUT2D eigenvalue weighted by atomic mass is 79.9. The predicted molar refractivity (Wildman–Crippen MR) is 82.7 cm³/mol. The van der Waals surface area contributed by atoms with Gasteiger partial charge >= 0.3 is 0 Å². The first-order valence-corrected chi connectivity index (χ1v) is 6.96. The van der Waals surface area contributed by atoms with Crippen molar-refractivity contribution in [1.29, 1.82) is 0 Å². The van der Waals surface area contributed by atoms with Gasteiger partial charge < -0.3 is 10.6 Å². The van der Waals surface area contributed by atoms with Crippen LogP contribution in [0, 0.1) is 5.82 Å². The summed E-state index contributed by atoms with van der Waals surface area (Å²) < 4.78 is 14.5. The van der Waals surface area contributed by atoms with E-state index < -0.39 is 5.82 Å². The third kappa shape index (κ3) is 3.95. The molecule has 0 unspecified atom stereocenters. The number of halogens is 3. The van der Waals surface area contributed by atoms with Crippen molar-refractivity contribution < 1.29 is 9.18 Å². The second-order valence-electron chi connectivity index (χ2n) is 4.01. The molecule has 0 spiro atoms. The molecule has 0 radical (unpaired) electrons. The van der Waals surface area contributed by atoms with Crippen LogP contribution in [-0.4, -0.2) is 12.5 Å². The summed E-state index contributed by atoms with van der Waals surface area (Å²) in [6, 6.07) is 11.8. The Hall–Kier alpha value is -1.59. The molecule has 0 bridgehead atoms. The summed E-state index contributed by atoms with van der Waals surface area (Å²) >= 11 is 8.96. The molecule has 0 saturated heterocycles. The number of anilines is 2. The topological polar surface area (TPSA) is 41.1 Å². The smallest absolute Gasteiger partial charge is 0.243 e. The van der Waals surface area contributed by atoms with Gasteiger partial charge in [0.25, 0.3) is 0 Å². The lowest BCUT2D eigenvalue weighted by atomic mass is 10.3. The second kappa shape index (κ2) is 6.72. The van der Waals surface area contributed by atoms with Crippen LogP contribution in [0.4, 0.5) is 15.8 Å². The molecule has 2 N–H and O–H groups in total. The van der Waals surface area contributed by atoms with E-state index in [2.05, 4.69) is 26.6 Å². The molecule has 0 atom stereocenters. The zero-order valence-electron chi connectivity index (χ0n) is 10.3. The molecule has 0 aliphatic carbocycles. The van der Waals surface area contributed by atoms with Crippen LogP contribution in [0.2, 0.25) is 5.02 Å². The molecular formula is C14H11BrClFN2O. The molecular weight excluding hydrogens is 347 g/mol. The highest BCUT2D eigenvalue weighted by Crippen LogP contribution is 2.21. The minimum Gasteiger partial charge on any atom is -0.374 e. The Kier molecular flexibility index (Phi) is 4.98. The normalized spacial score (nSPS) is 10.2. The zero-order valence-corrected chi connectivity index (χ0v) is 12.6. The number of amides is 1. The van der Waals surface area contributed by atoms with E-state index in [1.54, 1.807) is 18.2 Å². The first-order valence-electron chi connectivity index (χ1n) is 5.79. The summed E-state index contributed by atoms with van der Waals surface area (Å²) in [6.07, 6.45) is 0. The van der Waals surface area contributed by atoms with E-state index in [0.29, 0.717) is 5.69 Å². The highest BCUT2D eigenvalue weighted by Gasteiger charge is 2.07. The van der Waals surface area contributed by atoms with E-state index in [1.807, 2.05) is 12.1 Å². The number of rotatable bonds is 4. The van der Waals surface area contributed by atoms with Crippen molar-refractivity contribution in [2.75, 3.05) is 17.2 Å². The number of carbonyl (C=O) groups excluding carboxylic acids is 1. The van der Waals surface area contributed by atoms with E-state index in [9.17, 15) is 9.18 Å².